The third-order valence-electron chi connectivity index (χ3n) is 4.30. The van der Waals surface area contributed by atoms with E-state index in [0.29, 0.717) is 11.3 Å². The third kappa shape index (κ3) is 1.79. The van der Waals surface area contributed by atoms with Gasteiger partial charge in [-0.3, -0.25) is 0 Å². The standard InChI is InChI=1S/C12H18N4O/c13-11-8(4-12(11)1-2-14-7-12)3-10-15-5-9(17)6-16-10/h5-6,8,11,14,17H,1-4,7,13H2/t8?,11-,12-/m0/s1. The lowest BCUT2D eigenvalue weighted by Crippen LogP contribution is -2.59. The van der Waals surface area contributed by atoms with Gasteiger partial charge in [0.15, 0.2) is 5.75 Å². The van der Waals surface area contributed by atoms with Gasteiger partial charge in [-0.05, 0) is 30.7 Å². The van der Waals surface area contributed by atoms with E-state index in [4.69, 9.17) is 10.8 Å². The van der Waals surface area contributed by atoms with Gasteiger partial charge in [0, 0.05) is 19.0 Å². The molecule has 3 rings (SSSR count). The Morgan fingerprint density at radius 3 is 2.82 bits per heavy atom. The fourth-order valence-corrected chi connectivity index (χ4v) is 3.23. The Morgan fingerprint density at radius 2 is 2.24 bits per heavy atom. The molecule has 92 valence electrons. The average Bonchev–Trinajstić information content (AvgIpc) is 2.82. The topological polar surface area (TPSA) is 84.1 Å². The molecular formula is C12H18N4O. The number of nitrogens with zero attached hydrogens (tertiary/aromatic N) is 2. The molecule has 17 heavy (non-hydrogen) atoms. The predicted molar refractivity (Wildman–Crippen MR) is 63.4 cm³/mol. The van der Waals surface area contributed by atoms with Crippen molar-refractivity contribution in [1.29, 1.82) is 0 Å². The highest BCUT2D eigenvalue weighted by Crippen LogP contribution is 2.49. The van der Waals surface area contributed by atoms with Crippen LogP contribution in [0.2, 0.25) is 0 Å². The molecule has 2 heterocycles. The molecule has 0 bridgehead atoms. The zero-order valence-corrected chi connectivity index (χ0v) is 9.76. The van der Waals surface area contributed by atoms with E-state index < -0.39 is 0 Å². The molecule has 3 atom stereocenters. The Balaban J connectivity index is 1.63. The molecule has 5 nitrogen and oxygen atoms in total. The molecule has 1 aromatic rings. The second-order valence-corrected chi connectivity index (χ2v) is 5.34. The van der Waals surface area contributed by atoms with Gasteiger partial charge in [-0.2, -0.15) is 0 Å². The quantitative estimate of drug-likeness (QED) is 0.673. The van der Waals surface area contributed by atoms with Gasteiger partial charge in [0.2, 0.25) is 0 Å². The predicted octanol–water partition coefficient (Wildman–Crippen LogP) is 0.0516. The van der Waals surface area contributed by atoms with Crippen molar-refractivity contribution < 1.29 is 5.11 Å². The van der Waals surface area contributed by atoms with Crippen LogP contribution >= 0.6 is 0 Å². The number of aromatic hydroxyl groups is 1. The number of hydrogen-bond donors (Lipinski definition) is 3. The molecule has 1 saturated heterocycles. The summed E-state index contributed by atoms with van der Waals surface area (Å²) in [6.45, 7) is 2.15. The minimum Gasteiger partial charge on any atom is -0.505 e. The Kier molecular flexibility index (Phi) is 2.52. The summed E-state index contributed by atoms with van der Waals surface area (Å²) in [5, 5.41) is 12.5. The molecule has 1 aromatic heterocycles. The van der Waals surface area contributed by atoms with E-state index in [0.717, 1.165) is 25.3 Å². The summed E-state index contributed by atoms with van der Waals surface area (Å²) >= 11 is 0. The van der Waals surface area contributed by atoms with E-state index in [1.165, 1.54) is 25.2 Å². The molecule has 1 unspecified atom stereocenters. The van der Waals surface area contributed by atoms with Crippen LogP contribution in [-0.2, 0) is 6.42 Å². The normalized spacial score (nSPS) is 36.1. The van der Waals surface area contributed by atoms with Crippen LogP contribution in [0.4, 0.5) is 0 Å². The highest BCUT2D eigenvalue weighted by molar-refractivity contribution is 5.13. The molecule has 2 aliphatic rings. The van der Waals surface area contributed by atoms with Crippen molar-refractivity contribution in [3.8, 4) is 5.75 Å². The molecule has 0 amide bonds. The first-order valence-electron chi connectivity index (χ1n) is 6.16. The van der Waals surface area contributed by atoms with Crippen molar-refractivity contribution in [2.24, 2.45) is 17.1 Å². The van der Waals surface area contributed by atoms with E-state index in [1.807, 2.05) is 0 Å². The Bertz CT molecular complexity index is 399. The second kappa shape index (κ2) is 3.92. The van der Waals surface area contributed by atoms with E-state index in [-0.39, 0.29) is 11.8 Å². The minimum absolute atomic E-state index is 0.114. The van der Waals surface area contributed by atoms with Crippen LogP contribution < -0.4 is 11.1 Å². The molecule has 0 radical (unpaired) electrons. The minimum atomic E-state index is 0.114. The fourth-order valence-electron chi connectivity index (χ4n) is 3.23. The molecular weight excluding hydrogens is 216 g/mol. The molecule has 2 fully saturated rings. The molecule has 4 N–H and O–H groups in total. The van der Waals surface area contributed by atoms with Crippen molar-refractivity contribution in [2.45, 2.75) is 25.3 Å². The fraction of sp³-hybridized carbons (Fsp3) is 0.667. The van der Waals surface area contributed by atoms with Gasteiger partial charge in [0.1, 0.15) is 5.82 Å². The van der Waals surface area contributed by atoms with Crippen LogP contribution in [0, 0.1) is 11.3 Å². The van der Waals surface area contributed by atoms with Gasteiger partial charge in [0.25, 0.3) is 0 Å². The number of nitrogens with one attached hydrogen (secondary N) is 1. The lowest BCUT2D eigenvalue weighted by Gasteiger charge is -2.51. The molecule has 5 heteroatoms. The lowest BCUT2D eigenvalue weighted by molar-refractivity contribution is 0.0366. The monoisotopic (exact) mass is 234 g/mol. The summed E-state index contributed by atoms with van der Waals surface area (Å²) in [6, 6.07) is 0.259. The van der Waals surface area contributed by atoms with Crippen LogP contribution in [0.3, 0.4) is 0 Å². The maximum Gasteiger partial charge on any atom is 0.152 e. The zero-order valence-electron chi connectivity index (χ0n) is 9.76. The van der Waals surface area contributed by atoms with Crippen molar-refractivity contribution in [1.82, 2.24) is 15.3 Å². The van der Waals surface area contributed by atoms with Crippen LogP contribution in [0.5, 0.6) is 5.75 Å². The van der Waals surface area contributed by atoms with Crippen molar-refractivity contribution >= 4 is 0 Å². The first kappa shape index (κ1) is 10.9. The number of rotatable bonds is 2. The van der Waals surface area contributed by atoms with E-state index in [9.17, 15) is 0 Å². The number of nitrogens with two attached hydrogens (primary N) is 1. The Labute approximate surface area is 100 Å². The first-order valence-corrected chi connectivity index (χ1v) is 6.16. The number of hydrogen-bond acceptors (Lipinski definition) is 5. The smallest absolute Gasteiger partial charge is 0.152 e. The summed E-state index contributed by atoms with van der Waals surface area (Å²) in [5.74, 6) is 1.38. The van der Waals surface area contributed by atoms with E-state index in [1.54, 1.807) is 0 Å². The largest absolute Gasteiger partial charge is 0.505 e. The molecule has 1 spiro atoms. The third-order valence-corrected chi connectivity index (χ3v) is 4.30. The van der Waals surface area contributed by atoms with Crippen LogP contribution in [0.15, 0.2) is 12.4 Å². The maximum absolute atomic E-state index is 9.12. The number of aromatic nitrogens is 2. The summed E-state index contributed by atoms with van der Waals surface area (Å²) in [7, 11) is 0. The van der Waals surface area contributed by atoms with Crippen molar-refractivity contribution in [3.05, 3.63) is 18.2 Å². The van der Waals surface area contributed by atoms with Gasteiger partial charge in [-0.1, -0.05) is 0 Å². The Morgan fingerprint density at radius 1 is 1.47 bits per heavy atom. The van der Waals surface area contributed by atoms with Gasteiger partial charge in [-0.15, -0.1) is 0 Å². The zero-order chi connectivity index (χ0) is 11.9. The highest BCUT2D eigenvalue weighted by atomic mass is 16.3. The van der Waals surface area contributed by atoms with Gasteiger partial charge < -0.3 is 16.2 Å². The summed E-state index contributed by atoms with van der Waals surface area (Å²) in [5.41, 5.74) is 6.63. The first-order chi connectivity index (χ1) is 8.20. The lowest BCUT2D eigenvalue weighted by atomic mass is 9.56. The van der Waals surface area contributed by atoms with Crippen molar-refractivity contribution in [2.75, 3.05) is 13.1 Å². The summed E-state index contributed by atoms with van der Waals surface area (Å²) in [6.07, 6.45) is 6.08. The summed E-state index contributed by atoms with van der Waals surface area (Å²) in [4.78, 5) is 8.23. The van der Waals surface area contributed by atoms with Gasteiger partial charge in [0.05, 0.1) is 12.4 Å². The summed E-state index contributed by atoms with van der Waals surface area (Å²) < 4.78 is 0. The van der Waals surface area contributed by atoms with E-state index >= 15 is 0 Å². The molecule has 1 saturated carbocycles. The maximum atomic E-state index is 9.12. The highest BCUT2D eigenvalue weighted by Gasteiger charge is 2.52. The molecule has 1 aliphatic carbocycles. The van der Waals surface area contributed by atoms with Crippen LogP contribution in [0.25, 0.3) is 0 Å². The van der Waals surface area contributed by atoms with Gasteiger partial charge in [-0.25, -0.2) is 9.97 Å². The van der Waals surface area contributed by atoms with Crippen LogP contribution in [0.1, 0.15) is 18.7 Å². The molecule has 0 aromatic carbocycles. The van der Waals surface area contributed by atoms with Gasteiger partial charge >= 0.3 is 0 Å². The Hall–Kier alpha value is -1.20. The molecule has 1 aliphatic heterocycles. The van der Waals surface area contributed by atoms with Crippen LogP contribution in [-0.4, -0.2) is 34.2 Å². The van der Waals surface area contributed by atoms with E-state index in [2.05, 4.69) is 15.3 Å². The second-order valence-electron chi connectivity index (χ2n) is 5.34. The van der Waals surface area contributed by atoms with Crippen molar-refractivity contribution in [3.63, 3.8) is 0 Å². The SMILES string of the molecule is N[C@H]1C(Cc2ncc(O)cn2)C[C@]12CCNC2. The average molecular weight is 234 g/mol.